The normalized spacial score (nSPS) is 14.8. The van der Waals surface area contributed by atoms with Crippen LogP contribution < -0.4 is 5.32 Å². The molecule has 1 aliphatic heterocycles. The molecule has 39 heavy (non-hydrogen) atoms. The van der Waals surface area contributed by atoms with Gasteiger partial charge in [0.25, 0.3) is 5.91 Å². The lowest BCUT2D eigenvalue weighted by atomic mass is 10.1. The Hall–Kier alpha value is -3.36. The van der Waals surface area contributed by atoms with Crippen LogP contribution in [0.1, 0.15) is 23.2 Å². The van der Waals surface area contributed by atoms with E-state index in [9.17, 15) is 9.59 Å². The van der Waals surface area contributed by atoms with Gasteiger partial charge in [0.15, 0.2) is 0 Å². The topological polar surface area (TPSA) is 76.5 Å². The van der Waals surface area contributed by atoms with Gasteiger partial charge in [-0.15, -0.1) is 0 Å². The Morgan fingerprint density at radius 1 is 0.974 bits per heavy atom. The van der Waals surface area contributed by atoms with Crippen molar-refractivity contribution in [1.29, 1.82) is 0 Å². The number of ether oxygens (including phenoxy) is 1. The maximum absolute atomic E-state index is 13.4. The summed E-state index contributed by atoms with van der Waals surface area (Å²) in [6.45, 7) is 0.762. The summed E-state index contributed by atoms with van der Waals surface area (Å²) in [6, 6.07) is 21.1. The van der Waals surface area contributed by atoms with Gasteiger partial charge in [0.2, 0.25) is 11.9 Å². The van der Waals surface area contributed by atoms with E-state index in [2.05, 4.69) is 10.3 Å². The van der Waals surface area contributed by atoms with Crippen LogP contribution in [0.25, 0.3) is 16.9 Å². The molecule has 0 unspecified atom stereocenters. The van der Waals surface area contributed by atoms with Crippen molar-refractivity contribution in [2.24, 2.45) is 0 Å². The lowest BCUT2D eigenvalue weighted by Gasteiger charge is -2.25. The van der Waals surface area contributed by atoms with Gasteiger partial charge in [0, 0.05) is 51.2 Å². The Kier molecular flexibility index (Phi) is 8.53. The summed E-state index contributed by atoms with van der Waals surface area (Å²) in [6.07, 6.45) is 3.44. The van der Waals surface area contributed by atoms with Crippen LogP contribution in [-0.2, 0) is 9.53 Å². The second-order valence-electron chi connectivity index (χ2n) is 9.18. The number of carbonyl (C=O) groups is 2. The van der Waals surface area contributed by atoms with Crippen molar-refractivity contribution in [2.45, 2.75) is 18.9 Å². The molecule has 10 heteroatoms. The predicted octanol–water partition coefficient (Wildman–Crippen LogP) is 6.76. The monoisotopic (exact) mass is 582 g/mol. The van der Waals surface area contributed by atoms with Gasteiger partial charge in [-0.1, -0.05) is 53.0 Å². The minimum atomic E-state index is -0.396. The molecule has 200 valence electrons. The van der Waals surface area contributed by atoms with Crippen LogP contribution in [0.5, 0.6) is 0 Å². The number of anilines is 1. The Balaban J connectivity index is 1.41. The number of amides is 2. The highest BCUT2D eigenvalue weighted by atomic mass is 35.5. The molecule has 2 amide bonds. The van der Waals surface area contributed by atoms with Gasteiger partial charge >= 0.3 is 0 Å². The van der Waals surface area contributed by atoms with Crippen molar-refractivity contribution in [1.82, 2.24) is 14.5 Å². The smallest absolute Gasteiger partial charge is 0.254 e. The number of rotatable bonds is 8. The first-order valence-electron chi connectivity index (χ1n) is 12.4. The molecule has 0 aliphatic carbocycles. The molecule has 1 saturated heterocycles. The second-order valence-corrected chi connectivity index (χ2v) is 10.5. The zero-order valence-electron chi connectivity index (χ0n) is 20.8. The fraction of sp³-hybridized carbons (Fsp3) is 0.207. The van der Waals surface area contributed by atoms with E-state index in [1.807, 2.05) is 30.5 Å². The molecule has 1 aliphatic rings. The Labute approximate surface area is 241 Å². The number of nitrogens with zero attached hydrogens (tertiary/aromatic N) is 3. The van der Waals surface area contributed by atoms with Crippen molar-refractivity contribution >= 4 is 52.6 Å². The highest BCUT2D eigenvalue weighted by Gasteiger charge is 2.26. The number of imidazole rings is 1. The van der Waals surface area contributed by atoms with Crippen molar-refractivity contribution < 1.29 is 14.3 Å². The standard InChI is InChI=1S/C29H25Cl3N4O3/c30-21-10-6-19(7-11-21)26-17-36(24-4-1-3-23(32)15-24)29(33-26)34-27(37)18-35(16-25-5-2-14-39-25)28(38)20-8-12-22(31)13-9-20/h1,3-4,6-13,15,17,25H,2,5,14,16,18H2,(H,33,34,37)/t25-/m1/s1. The van der Waals surface area contributed by atoms with Crippen molar-refractivity contribution in [3.05, 3.63) is 99.6 Å². The van der Waals surface area contributed by atoms with E-state index in [1.165, 1.54) is 4.90 Å². The number of nitrogens with one attached hydrogen (secondary N) is 1. The van der Waals surface area contributed by atoms with E-state index in [-0.39, 0.29) is 18.6 Å². The molecular formula is C29H25Cl3N4O3. The number of hydrogen-bond acceptors (Lipinski definition) is 4. The lowest BCUT2D eigenvalue weighted by Crippen LogP contribution is -2.42. The molecule has 0 radical (unpaired) electrons. The van der Waals surface area contributed by atoms with Crippen LogP contribution in [0.15, 0.2) is 79.0 Å². The van der Waals surface area contributed by atoms with E-state index in [4.69, 9.17) is 39.5 Å². The summed E-state index contributed by atoms with van der Waals surface area (Å²) in [4.78, 5) is 32.9. The Morgan fingerprint density at radius 2 is 1.69 bits per heavy atom. The van der Waals surface area contributed by atoms with Gasteiger partial charge < -0.3 is 9.64 Å². The lowest BCUT2D eigenvalue weighted by molar-refractivity contribution is -0.117. The van der Waals surface area contributed by atoms with Crippen LogP contribution in [0.3, 0.4) is 0 Å². The van der Waals surface area contributed by atoms with Gasteiger partial charge in [-0.25, -0.2) is 4.98 Å². The van der Waals surface area contributed by atoms with Crippen LogP contribution in [0.4, 0.5) is 5.95 Å². The van der Waals surface area contributed by atoms with Crippen LogP contribution in [-0.4, -0.2) is 52.1 Å². The van der Waals surface area contributed by atoms with Gasteiger partial charge in [0.05, 0.1) is 11.8 Å². The molecular weight excluding hydrogens is 559 g/mol. The fourth-order valence-electron chi connectivity index (χ4n) is 4.42. The fourth-order valence-corrected chi connectivity index (χ4v) is 4.85. The molecule has 0 bridgehead atoms. The molecule has 4 aromatic rings. The summed E-state index contributed by atoms with van der Waals surface area (Å²) < 4.78 is 7.50. The second kappa shape index (κ2) is 12.2. The zero-order valence-corrected chi connectivity index (χ0v) is 23.1. The van der Waals surface area contributed by atoms with Crippen molar-refractivity contribution in [2.75, 3.05) is 25.0 Å². The molecule has 1 aromatic heterocycles. The molecule has 1 fully saturated rings. The van der Waals surface area contributed by atoms with Gasteiger partial charge in [0.1, 0.15) is 6.54 Å². The predicted molar refractivity (Wildman–Crippen MR) is 154 cm³/mol. The quantitative estimate of drug-likeness (QED) is 0.249. The minimum Gasteiger partial charge on any atom is -0.376 e. The first-order chi connectivity index (χ1) is 18.9. The molecule has 2 heterocycles. The summed E-state index contributed by atoms with van der Waals surface area (Å²) in [5, 5.41) is 4.57. The van der Waals surface area contributed by atoms with Crippen LogP contribution in [0.2, 0.25) is 15.1 Å². The van der Waals surface area contributed by atoms with Crippen molar-refractivity contribution in [3.63, 3.8) is 0 Å². The van der Waals surface area contributed by atoms with Crippen molar-refractivity contribution in [3.8, 4) is 16.9 Å². The molecule has 7 nitrogen and oxygen atoms in total. The van der Waals surface area contributed by atoms with E-state index >= 15 is 0 Å². The van der Waals surface area contributed by atoms with Gasteiger partial charge in [-0.2, -0.15) is 0 Å². The SMILES string of the molecule is O=C(CN(C[C@H]1CCCO1)C(=O)c1ccc(Cl)cc1)Nc1nc(-c2ccc(Cl)cc2)cn1-c1cccc(Cl)c1. The summed E-state index contributed by atoms with van der Waals surface area (Å²) in [5.74, 6) is -0.382. The molecule has 5 rings (SSSR count). The Bertz CT molecular complexity index is 1470. The van der Waals surface area contributed by atoms with Crippen LogP contribution >= 0.6 is 34.8 Å². The third-order valence-corrected chi connectivity index (χ3v) is 7.08. The molecule has 0 saturated carbocycles. The number of halogens is 3. The third-order valence-electron chi connectivity index (χ3n) is 6.34. The van der Waals surface area contributed by atoms with E-state index in [1.54, 1.807) is 53.1 Å². The summed E-state index contributed by atoms with van der Waals surface area (Å²) >= 11 is 18.3. The largest absolute Gasteiger partial charge is 0.376 e. The molecule has 1 N–H and O–H groups in total. The number of carbonyl (C=O) groups excluding carboxylic acids is 2. The number of benzene rings is 3. The molecule has 3 aromatic carbocycles. The van der Waals surface area contributed by atoms with E-state index < -0.39 is 5.91 Å². The first-order valence-corrected chi connectivity index (χ1v) is 13.6. The van der Waals surface area contributed by atoms with Crippen LogP contribution in [0, 0.1) is 0 Å². The van der Waals surface area contributed by atoms with E-state index in [0.717, 1.165) is 24.1 Å². The summed E-state index contributed by atoms with van der Waals surface area (Å²) in [5.41, 5.74) is 2.62. The number of hydrogen-bond donors (Lipinski definition) is 1. The average Bonchev–Trinajstić information content (AvgIpc) is 3.59. The molecule has 0 spiro atoms. The maximum Gasteiger partial charge on any atom is 0.254 e. The zero-order chi connectivity index (χ0) is 27.4. The highest BCUT2D eigenvalue weighted by molar-refractivity contribution is 6.31. The van der Waals surface area contributed by atoms with Gasteiger partial charge in [-0.05, 0) is 67.4 Å². The average molecular weight is 584 g/mol. The first kappa shape index (κ1) is 27.2. The summed E-state index contributed by atoms with van der Waals surface area (Å²) in [7, 11) is 0. The third kappa shape index (κ3) is 6.81. The highest BCUT2D eigenvalue weighted by Crippen LogP contribution is 2.27. The minimum absolute atomic E-state index is 0.126. The number of aromatic nitrogens is 2. The maximum atomic E-state index is 13.4. The van der Waals surface area contributed by atoms with Gasteiger partial charge in [-0.3, -0.25) is 19.5 Å². The van der Waals surface area contributed by atoms with E-state index in [0.29, 0.717) is 45.4 Å². The Morgan fingerprint density at radius 3 is 2.36 bits per heavy atom. The molecule has 1 atom stereocenters.